The van der Waals surface area contributed by atoms with E-state index in [-0.39, 0.29) is 81.8 Å². The Kier molecular flexibility index (Phi) is 23.9. The number of nitrogens with one attached hydrogen (secondary N) is 8. The van der Waals surface area contributed by atoms with Crippen LogP contribution in [0.15, 0.2) is 140 Å². The third-order valence-electron chi connectivity index (χ3n) is 17.2. The van der Waals surface area contributed by atoms with E-state index in [0.717, 1.165) is 38.2 Å². The molecule has 2 unspecified atom stereocenters. The van der Waals surface area contributed by atoms with Crippen LogP contribution in [0, 0.1) is 23.7 Å². The molecule has 8 amide bonds. The van der Waals surface area contributed by atoms with Gasteiger partial charge in [-0.2, -0.15) is 0 Å². The van der Waals surface area contributed by atoms with Crippen molar-refractivity contribution in [2.24, 2.45) is 23.7 Å². The molecular weight excluding hydrogens is 1220 g/mol. The molecular formula is C71H84N8O14S. The van der Waals surface area contributed by atoms with Crippen molar-refractivity contribution in [3.63, 3.8) is 0 Å². The zero-order chi connectivity index (χ0) is 66.9. The SMILES string of the molecule is CC(C)C[C@H](NC(=O)[C@H](Cc1cccc2ccccc12)NC(=O)OCCc1ccc(CS(=O)(=O)C2OC2[C@H](C[C@@H]2CCNC2=O)NC(=O)[C@H](CC(C)C)NC(=O)[C@H](Cc2cccc3ccccc23)NC(=O)OCc2ccccc2)cc1)C(=O)N[C@H](C=O)C[C@@H]1CCNC1=O. The summed E-state index contributed by atoms with van der Waals surface area (Å²) in [6.07, 6.45) is -0.374. The van der Waals surface area contributed by atoms with Gasteiger partial charge in [0.05, 0.1) is 24.4 Å². The first-order chi connectivity index (χ1) is 45.2. The molecule has 3 aliphatic rings. The highest BCUT2D eigenvalue weighted by atomic mass is 32.2. The van der Waals surface area contributed by atoms with Gasteiger partial charge >= 0.3 is 12.2 Å². The Morgan fingerprint density at radius 1 is 0.543 bits per heavy atom. The van der Waals surface area contributed by atoms with E-state index in [9.17, 15) is 51.6 Å². The third-order valence-corrected chi connectivity index (χ3v) is 19.0. The van der Waals surface area contributed by atoms with Crippen molar-refractivity contribution in [1.29, 1.82) is 0 Å². The van der Waals surface area contributed by atoms with Crippen molar-refractivity contribution < 1.29 is 65.8 Å². The molecule has 8 N–H and O–H groups in total. The minimum absolute atomic E-state index is 0.0272. The second kappa shape index (κ2) is 32.6. The molecule has 0 radical (unpaired) electrons. The van der Waals surface area contributed by atoms with Gasteiger partial charge in [-0.25, -0.2) is 18.0 Å². The molecule has 0 aliphatic carbocycles. The minimum atomic E-state index is -4.05. The van der Waals surface area contributed by atoms with Crippen molar-refractivity contribution in [1.82, 2.24) is 42.5 Å². The number of fused-ring (bicyclic) bond motifs is 2. The van der Waals surface area contributed by atoms with Crippen molar-refractivity contribution in [2.75, 3.05) is 19.7 Å². The number of hydrogen-bond acceptors (Lipinski definition) is 14. The number of hydrogen-bond donors (Lipinski definition) is 8. The Morgan fingerprint density at radius 3 is 1.54 bits per heavy atom. The lowest BCUT2D eigenvalue weighted by atomic mass is 9.95. The Morgan fingerprint density at radius 2 is 1.02 bits per heavy atom. The van der Waals surface area contributed by atoms with Crippen molar-refractivity contribution >= 4 is 85.3 Å². The molecule has 3 fully saturated rings. The number of alkyl carbamates (subject to hydrolysis) is 2. The average Bonchev–Trinajstić information content (AvgIpc) is 1.60. The average molecular weight is 1310 g/mol. The summed E-state index contributed by atoms with van der Waals surface area (Å²) in [6, 6.07) is 35.7. The third kappa shape index (κ3) is 19.4. The van der Waals surface area contributed by atoms with Crippen LogP contribution in [0.3, 0.4) is 0 Å². The molecule has 3 saturated heterocycles. The molecule has 498 valence electrons. The smallest absolute Gasteiger partial charge is 0.408 e. The van der Waals surface area contributed by atoms with Gasteiger partial charge in [-0.3, -0.25) is 28.8 Å². The molecule has 3 heterocycles. The first kappa shape index (κ1) is 69.1. The summed E-state index contributed by atoms with van der Waals surface area (Å²) in [5.74, 6) is -4.58. The van der Waals surface area contributed by atoms with Gasteiger partial charge in [0.25, 0.3) is 0 Å². The molecule has 0 aromatic heterocycles. The fourth-order valence-electron chi connectivity index (χ4n) is 12.2. The molecule has 22 nitrogen and oxygen atoms in total. The molecule has 0 spiro atoms. The van der Waals surface area contributed by atoms with Gasteiger partial charge in [-0.15, -0.1) is 0 Å². The lowest BCUT2D eigenvalue weighted by Gasteiger charge is -2.27. The molecule has 23 heteroatoms. The van der Waals surface area contributed by atoms with E-state index in [1.165, 1.54) is 0 Å². The maximum absolute atomic E-state index is 14.6. The fourth-order valence-corrected chi connectivity index (χ4v) is 14.0. The Balaban J connectivity index is 0.821. The fraction of sp³-hybridized carbons (Fsp3) is 0.423. The number of amides is 8. The van der Waals surface area contributed by atoms with Gasteiger partial charge in [0.2, 0.25) is 35.4 Å². The van der Waals surface area contributed by atoms with Crippen molar-refractivity contribution in [3.8, 4) is 0 Å². The Hall–Kier alpha value is -9.22. The van der Waals surface area contributed by atoms with Gasteiger partial charge in [0, 0.05) is 44.2 Å². The minimum Gasteiger partial charge on any atom is -0.449 e. The van der Waals surface area contributed by atoms with Crippen molar-refractivity contribution in [2.45, 2.75) is 146 Å². The summed E-state index contributed by atoms with van der Waals surface area (Å²) in [6.45, 7) is 8.23. The maximum atomic E-state index is 14.6. The van der Waals surface area contributed by atoms with Crippen LogP contribution in [0.1, 0.15) is 94.0 Å². The number of aldehydes is 1. The van der Waals surface area contributed by atoms with Crippen LogP contribution < -0.4 is 42.5 Å². The first-order valence-corrected chi connectivity index (χ1v) is 33.9. The van der Waals surface area contributed by atoms with Crippen LogP contribution in [0.5, 0.6) is 0 Å². The Labute approximate surface area is 547 Å². The zero-order valence-corrected chi connectivity index (χ0v) is 54.1. The van der Waals surface area contributed by atoms with E-state index in [0.29, 0.717) is 43.3 Å². The zero-order valence-electron chi connectivity index (χ0n) is 53.3. The molecule has 6 aromatic rings. The van der Waals surface area contributed by atoms with E-state index >= 15 is 0 Å². The number of ether oxygens (including phenoxy) is 3. The second-order valence-electron chi connectivity index (χ2n) is 25.4. The van der Waals surface area contributed by atoms with Crippen LogP contribution in [0.4, 0.5) is 9.59 Å². The van der Waals surface area contributed by atoms with Crippen LogP contribution >= 0.6 is 0 Å². The lowest BCUT2D eigenvalue weighted by molar-refractivity contribution is -0.131. The molecule has 3 aliphatic heterocycles. The highest BCUT2D eigenvalue weighted by Gasteiger charge is 2.54. The van der Waals surface area contributed by atoms with E-state index in [2.05, 4.69) is 42.5 Å². The quantitative estimate of drug-likeness (QED) is 0.0169. The maximum Gasteiger partial charge on any atom is 0.408 e. The van der Waals surface area contributed by atoms with E-state index < -0.39 is 111 Å². The Bertz CT molecular complexity index is 3780. The van der Waals surface area contributed by atoms with E-state index in [4.69, 9.17) is 14.2 Å². The highest BCUT2D eigenvalue weighted by molar-refractivity contribution is 7.91. The summed E-state index contributed by atoms with van der Waals surface area (Å²) in [7, 11) is -4.05. The number of epoxide rings is 1. The molecule has 9 rings (SSSR count). The predicted octanol–water partition coefficient (Wildman–Crippen LogP) is 6.33. The summed E-state index contributed by atoms with van der Waals surface area (Å²) in [5, 5.41) is 25.9. The van der Waals surface area contributed by atoms with Gasteiger partial charge in [-0.05, 0) is 99.7 Å². The lowest BCUT2D eigenvalue weighted by Crippen LogP contribution is -2.56. The number of rotatable bonds is 32. The normalized spacial score (nSPS) is 18.7. The standard InChI is InChI=1S/C71H84N8O14S/c1-43(2)34-58(65(83)74-54(40-80)36-52-28-31-72-63(52)81)76-67(85)60(37-50-20-12-18-48-16-8-10-22-55(48)50)78-70(87)91-33-30-45-24-26-47(27-25-45)42-94(89,90)69-62(93-69)57(39-53-29-32-73-64(53)82)75-66(84)59(35-44(3)4)77-68(86)61(79-71(88)92-41-46-14-6-5-7-15-46)38-51-21-13-19-49-17-9-11-23-56(49)51/h5-27,40,43-44,52-54,57-62,69H,28-39,41-42H2,1-4H3,(H,72,81)(H,73,82)(H,74,83)(H,75,84)(H,76,85)(H,77,86)(H,78,87)(H,79,88)/t52-,53-,54-,57-,58-,59-,60-,61-,62?,69?/m0/s1. The number of sulfone groups is 1. The van der Waals surface area contributed by atoms with Crippen LogP contribution in [0.25, 0.3) is 21.5 Å². The summed E-state index contributed by atoms with van der Waals surface area (Å²) >= 11 is 0. The first-order valence-electron chi connectivity index (χ1n) is 32.2. The molecule has 10 atom stereocenters. The van der Waals surface area contributed by atoms with E-state index in [1.807, 2.05) is 131 Å². The summed E-state index contributed by atoms with van der Waals surface area (Å²) < 4.78 is 45.4. The summed E-state index contributed by atoms with van der Waals surface area (Å²) in [4.78, 5) is 121. The summed E-state index contributed by atoms with van der Waals surface area (Å²) in [5.41, 5.74) is 2.05. The monoisotopic (exact) mass is 1300 g/mol. The van der Waals surface area contributed by atoms with Gasteiger partial charge in [0.1, 0.15) is 43.2 Å². The van der Waals surface area contributed by atoms with Gasteiger partial charge in [-0.1, -0.05) is 167 Å². The van der Waals surface area contributed by atoms with Gasteiger partial charge < -0.3 is 61.5 Å². The van der Waals surface area contributed by atoms with Crippen molar-refractivity contribution in [3.05, 3.63) is 167 Å². The highest BCUT2D eigenvalue weighted by Crippen LogP contribution is 2.36. The van der Waals surface area contributed by atoms with Crippen LogP contribution in [0.2, 0.25) is 0 Å². The predicted molar refractivity (Wildman–Crippen MR) is 353 cm³/mol. The largest absolute Gasteiger partial charge is 0.449 e. The molecule has 0 saturated carbocycles. The van der Waals surface area contributed by atoms with E-state index in [1.54, 1.807) is 36.4 Å². The van der Waals surface area contributed by atoms with Gasteiger partial charge in [0.15, 0.2) is 15.3 Å². The second-order valence-corrected chi connectivity index (χ2v) is 27.5. The van der Waals surface area contributed by atoms with Crippen LogP contribution in [-0.4, -0.2) is 130 Å². The molecule has 0 bridgehead atoms. The topological polar surface area (TPSA) is 315 Å². The number of carbonyl (C=O) groups is 9. The molecule has 94 heavy (non-hydrogen) atoms. The number of benzene rings is 6. The number of carbonyl (C=O) groups excluding carboxylic acids is 9. The molecule has 6 aromatic carbocycles. The van der Waals surface area contributed by atoms with Crippen LogP contribution in [-0.2, 0) is 89.2 Å².